The van der Waals surface area contributed by atoms with E-state index in [-0.39, 0.29) is 11.3 Å². The van der Waals surface area contributed by atoms with Gasteiger partial charge in [-0.15, -0.1) is 0 Å². The maximum atomic E-state index is 12.4. The minimum Gasteiger partial charge on any atom is -0.267 e. The van der Waals surface area contributed by atoms with Crippen molar-refractivity contribution < 1.29 is 9.59 Å². The number of fused-ring (bicyclic) bond motifs is 1. The van der Waals surface area contributed by atoms with E-state index < -0.39 is 11.8 Å². The zero-order valence-corrected chi connectivity index (χ0v) is 14.7. The Morgan fingerprint density at radius 3 is 2.54 bits per heavy atom. The number of benzene rings is 2. The molecule has 3 N–H and O–H groups in total. The molecule has 0 unspecified atom stereocenters. The van der Waals surface area contributed by atoms with Gasteiger partial charge in [0.2, 0.25) is 0 Å². The van der Waals surface area contributed by atoms with E-state index in [4.69, 9.17) is 0 Å². The van der Waals surface area contributed by atoms with Gasteiger partial charge >= 0.3 is 0 Å². The van der Waals surface area contributed by atoms with Crippen LogP contribution in [0.2, 0.25) is 0 Å². The fourth-order valence-corrected chi connectivity index (χ4v) is 3.01. The molecule has 0 radical (unpaired) electrons. The normalized spacial score (nSPS) is 10.5. The summed E-state index contributed by atoms with van der Waals surface area (Å²) in [5.74, 6) is -0.262. The lowest BCUT2D eigenvalue weighted by Gasteiger charge is -2.09. The Labute approximate surface area is 153 Å². The van der Waals surface area contributed by atoms with Gasteiger partial charge in [0.25, 0.3) is 17.4 Å². The highest BCUT2D eigenvalue weighted by atomic mass is 32.2. The highest BCUT2D eigenvalue weighted by Crippen LogP contribution is 2.13. The minimum absolute atomic E-state index is 0.0247. The minimum atomic E-state index is -0.619. The van der Waals surface area contributed by atoms with E-state index in [0.29, 0.717) is 16.3 Å². The molecule has 0 spiro atoms. The van der Waals surface area contributed by atoms with Gasteiger partial charge in [0, 0.05) is 16.7 Å². The molecular formula is C18H16N4O3S. The number of nitrogens with zero attached hydrogens (tertiary/aromatic N) is 1. The molecule has 132 valence electrons. The topological polar surface area (TPSA) is 104 Å². The number of aromatic nitrogens is 2. The molecule has 0 saturated carbocycles. The smallest absolute Gasteiger partial charge is 0.267 e. The summed E-state index contributed by atoms with van der Waals surface area (Å²) in [6, 6.07) is 13.8. The van der Waals surface area contributed by atoms with Crippen LogP contribution in [0.4, 0.5) is 0 Å². The van der Waals surface area contributed by atoms with Gasteiger partial charge in [-0.05, 0) is 30.0 Å². The lowest BCUT2D eigenvalue weighted by Crippen LogP contribution is -2.42. The number of hydrazine groups is 1. The average Bonchev–Trinajstić information content (AvgIpc) is 2.67. The lowest BCUT2D eigenvalue weighted by atomic mass is 10.1. The van der Waals surface area contributed by atoms with Crippen LogP contribution < -0.4 is 16.4 Å². The predicted molar refractivity (Wildman–Crippen MR) is 101 cm³/mol. The molecule has 2 aromatic carbocycles. The molecule has 3 rings (SSSR count). The molecular weight excluding hydrogens is 352 g/mol. The predicted octanol–water partition coefficient (Wildman–Crippen LogP) is 1.86. The van der Waals surface area contributed by atoms with E-state index in [1.54, 1.807) is 54.2 Å². The van der Waals surface area contributed by atoms with Crippen LogP contribution in [0, 0.1) is 0 Å². The zero-order valence-electron chi connectivity index (χ0n) is 13.9. The summed E-state index contributed by atoms with van der Waals surface area (Å²) in [5, 5.41) is 6.83. The molecule has 2 amide bonds. The van der Waals surface area contributed by atoms with E-state index >= 15 is 0 Å². The zero-order chi connectivity index (χ0) is 18.5. The first-order valence-electron chi connectivity index (χ1n) is 7.76. The summed E-state index contributed by atoms with van der Waals surface area (Å²) < 4.78 is 0. The van der Waals surface area contributed by atoms with Crippen LogP contribution >= 0.6 is 11.8 Å². The molecule has 0 bridgehead atoms. The summed E-state index contributed by atoms with van der Waals surface area (Å²) in [6.45, 7) is 0. The third kappa shape index (κ3) is 3.75. The van der Waals surface area contributed by atoms with Gasteiger partial charge < -0.3 is 0 Å². The second-order valence-electron chi connectivity index (χ2n) is 5.49. The summed E-state index contributed by atoms with van der Waals surface area (Å²) in [7, 11) is 0. The van der Waals surface area contributed by atoms with Crippen molar-refractivity contribution in [2.45, 2.75) is 5.75 Å². The second-order valence-corrected chi connectivity index (χ2v) is 6.35. The van der Waals surface area contributed by atoms with Crippen molar-refractivity contribution in [1.29, 1.82) is 0 Å². The molecule has 7 nitrogen and oxygen atoms in total. The Balaban J connectivity index is 1.75. The average molecular weight is 368 g/mol. The van der Waals surface area contributed by atoms with Crippen LogP contribution in [-0.4, -0.2) is 28.3 Å². The highest BCUT2D eigenvalue weighted by Gasteiger charge is 2.15. The van der Waals surface area contributed by atoms with Crippen LogP contribution in [0.15, 0.2) is 53.3 Å². The number of hydrogen-bond donors (Lipinski definition) is 3. The van der Waals surface area contributed by atoms with E-state index in [2.05, 4.69) is 21.0 Å². The van der Waals surface area contributed by atoms with Crippen LogP contribution in [0.5, 0.6) is 0 Å². The fourth-order valence-electron chi connectivity index (χ4n) is 2.50. The van der Waals surface area contributed by atoms with Gasteiger partial charge in [-0.1, -0.05) is 30.3 Å². The summed E-state index contributed by atoms with van der Waals surface area (Å²) >= 11 is 1.65. The van der Waals surface area contributed by atoms with Crippen LogP contribution in [0.3, 0.4) is 0 Å². The van der Waals surface area contributed by atoms with E-state index in [9.17, 15) is 14.4 Å². The van der Waals surface area contributed by atoms with Crippen molar-refractivity contribution in [2.24, 2.45) is 0 Å². The number of carbonyl (C=O) groups excluding carboxylic acids is 2. The molecule has 1 aromatic heterocycles. The van der Waals surface area contributed by atoms with E-state index in [0.717, 1.165) is 11.3 Å². The summed E-state index contributed by atoms with van der Waals surface area (Å²) in [5.41, 5.74) is 5.80. The number of amides is 2. The van der Waals surface area contributed by atoms with Gasteiger partial charge in [0.15, 0.2) is 5.69 Å². The monoisotopic (exact) mass is 368 g/mol. The number of hydrogen-bond acceptors (Lipinski definition) is 5. The Morgan fingerprint density at radius 2 is 1.77 bits per heavy atom. The van der Waals surface area contributed by atoms with E-state index in [1.165, 1.54) is 0 Å². The molecule has 0 atom stereocenters. The van der Waals surface area contributed by atoms with Gasteiger partial charge in [0.05, 0.1) is 5.39 Å². The molecule has 8 heteroatoms. The van der Waals surface area contributed by atoms with Crippen LogP contribution in [0.1, 0.15) is 26.4 Å². The maximum Gasteiger partial charge on any atom is 0.290 e. The first-order chi connectivity index (χ1) is 12.6. The highest BCUT2D eigenvalue weighted by molar-refractivity contribution is 7.97. The molecule has 0 fully saturated rings. The molecule has 26 heavy (non-hydrogen) atoms. The second kappa shape index (κ2) is 7.83. The number of rotatable bonds is 4. The van der Waals surface area contributed by atoms with Gasteiger partial charge in [-0.3, -0.25) is 25.2 Å². The fraction of sp³-hybridized carbons (Fsp3) is 0.111. The number of carbonyl (C=O) groups is 2. The van der Waals surface area contributed by atoms with Crippen molar-refractivity contribution in [3.63, 3.8) is 0 Å². The van der Waals surface area contributed by atoms with E-state index in [1.807, 2.05) is 12.3 Å². The SMILES string of the molecule is CSCc1cccc(C(=O)NNC(=O)c2n[nH]c(=O)c3ccccc23)c1. The van der Waals surface area contributed by atoms with Gasteiger partial charge in [-0.2, -0.15) is 16.9 Å². The molecule has 1 heterocycles. The van der Waals surface area contributed by atoms with Crippen molar-refractivity contribution >= 4 is 34.3 Å². The van der Waals surface area contributed by atoms with Crippen molar-refractivity contribution in [3.05, 3.63) is 75.7 Å². The van der Waals surface area contributed by atoms with Crippen molar-refractivity contribution in [3.8, 4) is 0 Å². The first-order valence-corrected chi connectivity index (χ1v) is 9.15. The molecule has 0 aliphatic rings. The Kier molecular flexibility index (Phi) is 5.33. The lowest BCUT2D eigenvalue weighted by molar-refractivity contribution is 0.0844. The number of aromatic amines is 1. The largest absolute Gasteiger partial charge is 0.290 e. The third-order valence-electron chi connectivity index (χ3n) is 3.70. The molecule has 3 aromatic rings. The standard InChI is InChI=1S/C18H16N4O3S/c1-26-10-11-5-4-6-12(9-11)16(23)20-22-18(25)15-13-7-2-3-8-14(13)17(24)21-19-15/h2-9H,10H2,1H3,(H,20,23)(H,21,24)(H,22,25). The quantitative estimate of drug-likeness (QED) is 0.610. The number of thioether (sulfide) groups is 1. The molecule has 0 aliphatic heterocycles. The summed E-state index contributed by atoms with van der Waals surface area (Å²) in [4.78, 5) is 36.4. The van der Waals surface area contributed by atoms with Crippen molar-refractivity contribution in [2.75, 3.05) is 6.26 Å². The van der Waals surface area contributed by atoms with Gasteiger partial charge in [-0.25, -0.2) is 5.10 Å². The Bertz CT molecular complexity index is 1030. The third-order valence-corrected chi connectivity index (χ3v) is 4.32. The first kappa shape index (κ1) is 17.7. The molecule has 0 aliphatic carbocycles. The maximum absolute atomic E-state index is 12.4. The Morgan fingerprint density at radius 1 is 1.04 bits per heavy atom. The number of nitrogens with one attached hydrogen (secondary N) is 3. The Hall–Kier alpha value is -3.13. The number of H-pyrrole nitrogens is 1. The summed E-state index contributed by atoms with van der Waals surface area (Å²) in [6.07, 6.45) is 1.98. The van der Waals surface area contributed by atoms with Crippen LogP contribution in [-0.2, 0) is 5.75 Å². The van der Waals surface area contributed by atoms with Crippen LogP contribution in [0.25, 0.3) is 10.8 Å². The van der Waals surface area contributed by atoms with Gasteiger partial charge in [0.1, 0.15) is 0 Å². The molecule has 0 saturated heterocycles. The van der Waals surface area contributed by atoms with Crippen molar-refractivity contribution in [1.82, 2.24) is 21.0 Å².